The van der Waals surface area contributed by atoms with E-state index < -0.39 is 6.10 Å². The molecule has 0 aliphatic rings. The van der Waals surface area contributed by atoms with E-state index in [0.717, 1.165) is 40.2 Å². The van der Waals surface area contributed by atoms with Gasteiger partial charge in [-0.2, -0.15) is 5.10 Å². The minimum Gasteiger partial charge on any atom is -0.461 e. The summed E-state index contributed by atoms with van der Waals surface area (Å²) in [6.45, 7) is 6.74. The van der Waals surface area contributed by atoms with Gasteiger partial charge in [0.1, 0.15) is 11.3 Å². The highest BCUT2D eigenvalue weighted by molar-refractivity contribution is 5.82. The number of aliphatic hydroxyl groups excluding tert-OH is 1. The van der Waals surface area contributed by atoms with Crippen molar-refractivity contribution in [2.24, 2.45) is 0 Å². The van der Waals surface area contributed by atoms with Crippen molar-refractivity contribution in [2.45, 2.75) is 39.8 Å². The van der Waals surface area contributed by atoms with Gasteiger partial charge in [0.05, 0.1) is 11.8 Å². The van der Waals surface area contributed by atoms with E-state index in [0.29, 0.717) is 6.42 Å². The number of aliphatic hydroxyl groups is 1. The van der Waals surface area contributed by atoms with Crippen LogP contribution in [0.15, 0.2) is 34.7 Å². The van der Waals surface area contributed by atoms with Gasteiger partial charge in [0.2, 0.25) is 0 Å². The SMILES string of the molecule is CCn1nc(C)cc1CC(O)c1c(C)oc2ccccc12. The Bertz CT molecular complexity index is 770. The fourth-order valence-corrected chi connectivity index (χ4v) is 2.94. The van der Waals surface area contributed by atoms with E-state index in [4.69, 9.17) is 4.42 Å². The minimum atomic E-state index is -0.588. The Hall–Kier alpha value is -2.07. The molecule has 3 rings (SSSR count). The van der Waals surface area contributed by atoms with Crippen LogP contribution in [0.4, 0.5) is 0 Å². The Morgan fingerprint density at radius 3 is 2.81 bits per heavy atom. The molecule has 21 heavy (non-hydrogen) atoms. The Morgan fingerprint density at radius 2 is 2.05 bits per heavy atom. The second kappa shape index (κ2) is 5.37. The summed E-state index contributed by atoms with van der Waals surface area (Å²) in [7, 11) is 0. The number of rotatable bonds is 4. The topological polar surface area (TPSA) is 51.2 Å². The highest BCUT2D eigenvalue weighted by atomic mass is 16.3. The standard InChI is InChI=1S/C17H20N2O2/c1-4-19-13(9-11(2)18-19)10-15(20)17-12(3)21-16-8-6-5-7-14(16)17/h5-9,15,20H,4,10H2,1-3H3. The van der Waals surface area contributed by atoms with Crippen LogP contribution in [-0.2, 0) is 13.0 Å². The van der Waals surface area contributed by atoms with Gasteiger partial charge in [-0.1, -0.05) is 18.2 Å². The molecule has 0 saturated carbocycles. The summed E-state index contributed by atoms with van der Waals surface area (Å²) in [6, 6.07) is 9.86. The summed E-state index contributed by atoms with van der Waals surface area (Å²) in [5.41, 5.74) is 3.73. The zero-order valence-electron chi connectivity index (χ0n) is 12.6. The van der Waals surface area contributed by atoms with Gasteiger partial charge >= 0.3 is 0 Å². The monoisotopic (exact) mass is 284 g/mol. The predicted octanol–water partition coefficient (Wildman–Crippen LogP) is 3.54. The molecule has 0 aliphatic carbocycles. The molecule has 0 bridgehead atoms. The van der Waals surface area contributed by atoms with E-state index >= 15 is 0 Å². The number of benzene rings is 1. The first-order chi connectivity index (χ1) is 10.1. The fourth-order valence-electron chi connectivity index (χ4n) is 2.94. The van der Waals surface area contributed by atoms with Gasteiger partial charge in [-0.05, 0) is 32.9 Å². The molecule has 4 heteroatoms. The van der Waals surface area contributed by atoms with Crippen molar-refractivity contribution in [3.8, 4) is 0 Å². The lowest BCUT2D eigenvalue weighted by atomic mass is 10.0. The van der Waals surface area contributed by atoms with Crippen LogP contribution in [0.2, 0.25) is 0 Å². The van der Waals surface area contributed by atoms with Gasteiger partial charge in [-0.3, -0.25) is 4.68 Å². The van der Waals surface area contributed by atoms with Crippen LogP contribution in [0, 0.1) is 13.8 Å². The van der Waals surface area contributed by atoms with Gasteiger partial charge in [-0.25, -0.2) is 0 Å². The molecule has 2 heterocycles. The third-order valence-electron chi connectivity index (χ3n) is 3.84. The summed E-state index contributed by atoms with van der Waals surface area (Å²) >= 11 is 0. The minimum absolute atomic E-state index is 0.541. The lowest BCUT2D eigenvalue weighted by Crippen LogP contribution is -2.09. The molecule has 3 aromatic rings. The summed E-state index contributed by atoms with van der Waals surface area (Å²) in [5.74, 6) is 0.781. The predicted molar refractivity (Wildman–Crippen MR) is 82.3 cm³/mol. The van der Waals surface area contributed by atoms with E-state index in [1.807, 2.05) is 48.9 Å². The van der Waals surface area contributed by atoms with Crippen molar-refractivity contribution in [3.05, 3.63) is 53.0 Å². The molecule has 0 amide bonds. The first-order valence-corrected chi connectivity index (χ1v) is 7.29. The van der Waals surface area contributed by atoms with E-state index in [2.05, 4.69) is 12.0 Å². The number of aryl methyl sites for hydroxylation is 3. The Morgan fingerprint density at radius 1 is 1.29 bits per heavy atom. The van der Waals surface area contributed by atoms with Crippen molar-refractivity contribution in [3.63, 3.8) is 0 Å². The number of nitrogens with zero attached hydrogens (tertiary/aromatic N) is 2. The first-order valence-electron chi connectivity index (χ1n) is 7.29. The number of furan rings is 1. The highest BCUT2D eigenvalue weighted by Gasteiger charge is 2.20. The summed E-state index contributed by atoms with van der Waals surface area (Å²) in [5, 5.41) is 16.1. The fraction of sp³-hybridized carbons (Fsp3) is 0.353. The normalized spacial score (nSPS) is 13.0. The van der Waals surface area contributed by atoms with Crippen LogP contribution in [0.25, 0.3) is 11.0 Å². The molecule has 0 radical (unpaired) electrons. The van der Waals surface area contributed by atoms with Crippen molar-refractivity contribution in [1.82, 2.24) is 9.78 Å². The number of fused-ring (bicyclic) bond motifs is 1. The lowest BCUT2D eigenvalue weighted by Gasteiger charge is -2.11. The van der Waals surface area contributed by atoms with E-state index in [1.165, 1.54) is 0 Å². The average Bonchev–Trinajstić information content (AvgIpc) is 2.97. The molecular weight excluding hydrogens is 264 g/mol. The first kappa shape index (κ1) is 13.9. The second-order valence-corrected chi connectivity index (χ2v) is 5.38. The molecule has 0 fully saturated rings. The number of aromatic nitrogens is 2. The molecule has 1 unspecified atom stereocenters. The van der Waals surface area contributed by atoms with Gasteiger partial charge < -0.3 is 9.52 Å². The van der Waals surface area contributed by atoms with E-state index in [1.54, 1.807) is 0 Å². The summed E-state index contributed by atoms with van der Waals surface area (Å²) in [6.07, 6.45) is -0.0472. The molecule has 110 valence electrons. The van der Waals surface area contributed by atoms with Crippen molar-refractivity contribution < 1.29 is 9.52 Å². The maximum Gasteiger partial charge on any atom is 0.134 e. The lowest BCUT2D eigenvalue weighted by molar-refractivity contribution is 0.174. The largest absolute Gasteiger partial charge is 0.461 e. The van der Waals surface area contributed by atoms with Crippen LogP contribution in [0.5, 0.6) is 0 Å². The summed E-state index contributed by atoms with van der Waals surface area (Å²) in [4.78, 5) is 0. The maximum atomic E-state index is 10.7. The third-order valence-corrected chi connectivity index (χ3v) is 3.84. The van der Waals surface area contributed by atoms with Gasteiger partial charge in [0.15, 0.2) is 0 Å². The van der Waals surface area contributed by atoms with Crippen LogP contribution >= 0.6 is 0 Å². The molecule has 1 N–H and O–H groups in total. The second-order valence-electron chi connectivity index (χ2n) is 5.38. The van der Waals surface area contributed by atoms with Crippen LogP contribution < -0.4 is 0 Å². The van der Waals surface area contributed by atoms with Gasteiger partial charge in [-0.15, -0.1) is 0 Å². The van der Waals surface area contributed by atoms with Crippen molar-refractivity contribution in [1.29, 1.82) is 0 Å². The van der Waals surface area contributed by atoms with E-state index in [-0.39, 0.29) is 0 Å². The van der Waals surface area contributed by atoms with Crippen molar-refractivity contribution in [2.75, 3.05) is 0 Å². The number of para-hydroxylation sites is 1. The molecule has 0 saturated heterocycles. The third kappa shape index (κ3) is 2.47. The van der Waals surface area contributed by atoms with E-state index in [9.17, 15) is 5.11 Å². The zero-order chi connectivity index (χ0) is 15.0. The van der Waals surface area contributed by atoms with Crippen LogP contribution in [0.3, 0.4) is 0 Å². The molecule has 1 atom stereocenters. The molecular formula is C17H20N2O2. The molecule has 0 spiro atoms. The smallest absolute Gasteiger partial charge is 0.134 e. The number of hydrogen-bond acceptors (Lipinski definition) is 3. The Labute approximate surface area is 124 Å². The quantitative estimate of drug-likeness (QED) is 0.797. The van der Waals surface area contributed by atoms with Crippen LogP contribution in [0.1, 0.15) is 35.7 Å². The highest BCUT2D eigenvalue weighted by Crippen LogP contribution is 2.32. The van der Waals surface area contributed by atoms with Gasteiger partial charge in [0.25, 0.3) is 0 Å². The molecule has 1 aromatic carbocycles. The van der Waals surface area contributed by atoms with Crippen molar-refractivity contribution >= 4 is 11.0 Å². The van der Waals surface area contributed by atoms with Crippen LogP contribution in [-0.4, -0.2) is 14.9 Å². The Balaban J connectivity index is 1.97. The Kier molecular flexibility index (Phi) is 3.55. The molecule has 2 aromatic heterocycles. The molecule has 0 aliphatic heterocycles. The zero-order valence-corrected chi connectivity index (χ0v) is 12.6. The number of hydrogen-bond donors (Lipinski definition) is 1. The summed E-state index contributed by atoms with van der Waals surface area (Å²) < 4.78 is 7.68. The maximum absolute atomic E-state index is 10.7. The molecule has 4 nitrogen and oxygen atoms in total. The average molecular weight is 284 g/mol. The van der Waals surface area contributed by atoms with Gasteiger partial charge in [0, 0.05) is 29.6 Å².